The van der Waals surface area contributed by atoms with Crippen molar-refractivity contribution in [1.82, 2.24) is 24.3 Å². The van der Waals surface area contributed by atoms with E-state index in [1.165, 1.54) is 28.7 Å². The molecule has 0 N–H and O–H groups in total. The number of pyridine rings is 3. The lowest BCUT2D eigenvalue weighted by Crippen LogP contribution is -2.67. The maximum Gasteiger partial charge on any atom is 0.410 e. The first-order chi connectivity index (χ1) is 25.9. The molecule has 1 fully saturated rings. The number of hydrogen-bond donors (Lipinski definition) is 0. The number of amides is 2. The van der Waals surface area contributed by atoms with Crippen LogP contribution in [0.1, 0.15) is 58.7 Å². The molecule has 294 valence electrons. The Bertz CT molecular complexity index is 2200. The van der Waals surface area contributed by atoms with Crippen molar-refractivity contribution in [2.24, 2.45) is 0 Å². The quantitative estimate of drug-likeness (QED) is 0.177. The summed E-state index contributed by atoms with van der Waals surface area (Å²) in [5.41, 5.74) is 1.48. The van der Waals surface area contributed by atoms with Crippen LogP contribution in [-0.4, -0.2) is 108 Å². The number of anilines is 2. The molecule has 3 aromatic heterocycles. The number of benzene rings is 1. The Morgan fingerprint density at radius 3 is 2.49 bits per heavy atom. The fourth-order valence-corrected chi connectivity index (χ4v) is 7.50. The molecule has 0 bridgehead atoms. The first-order valence-electron chi connectivity index (χ1n) is 18.3. The zero-order chi connectivity index (χ0) is 40.1. The van der Waals surface area contributed by atoms with Crippen molar-refractivity contribution in [1.29, 1.82) is 0 Å². The summed E-state index contributed by atoms with van der Waals surface area (Å²) in [6.45, 7) is 13.8. The van der Waals surface area contributed by atoms with Crippen molar-refractivity contribution >= 4 is 46.0 Å². The van der Waals surface area contributed by atoms with Gasteiger partial charge >= 0.3 is 6.09 Å². The Labute approximate surface area is 325 Å². The monoisotopic (exact) mass is 777 g/mol. The third kappa shape index (κ3) is 7.47. The van der Waals surface area contributed by atoms with Gasteiger partial charge in [-0.05, 0) is 84.5 Å². The van der Waals surface area contributed by atoms with Crippen LogP contribution in [0.4, 0.5) is 20.6 Å². The second-order valence-electron chi connectivity index (χ2n) is 15.7. The van der Waals surface area contributed by atoms with Crippen LogP contribution < -0.4 is 20.1 Å². The summed E-state index contributed by atoms with van der Waals surface area (Å²) in [5.74, 6) is -0.928. The lowest BCUT2D eigenvalue weighted by Gasteiger charge is -2.50. The standard InChI is InChI=1S/C40H49ClFN7O6/c1-22(2)31-33(23(3)14-15-43-31)49-36-25(18-26(41)32(44-36)30-27(42)12-11-13-29(30)54-21-53-10)34-35(38(49)51)46(17-16-45(8)9)37(50)28-20-47(24(4)19-48(28)34)39(52)55-40(5,6)7/h11-15,18,22,24,28H,16-17,19-21H2,1-10H3/t24-,28-/m1/s1. The molecule has 2 atom stereocenters. The Balaban J connectivity index is 1.72. The summed E-state index contributed by atoms with van der Waals surface area (Å²) < 4.78 is 34.0. The molecule has 1 saturated heterocycles. The van der Waals surface area contributed by atoms with Crippen molar-refractivity contribution in [2.75, 3.05) is 64.0 Å². The number of aromatic nitrogens is 3. The Morgan fingerprint density at radius 1 is 1.11 bits per heavy atom. The van der Waals surface area contributed by atoms with E-state index in [0.29, 0.717) is 29.0 Å². The molecule has 0 aliphatic carbocycles. The molecule has 0 saturated carbocycles. The molecular formula is C40H49ClFN7O6. The van der Waals surface area contributed by atoms with Gasteiger partial charge in [0.1, 0.15) is 28.9 Å². The van der Waals surface area contributed by atoms with Gasteiger partial charge in [-0.15, -0.1) is 0 Å². The van der Waals surface area contributed by atoms with Crippen molar-refractivity contribution < 1.29 is 28.2 Å². The van der Waals surface area contributed by atoms with Crippen LogP contribution in [0.3, 0.4) is 0 Å². The fraction of sp³-hybridized carbons (Fsp3) is 0.475. The Morgan fingerprint density at radius 2 is 1.84 bits per heavy atom. The summed E-state index contributed by atoms with van der Waals surface area (Å²) in [6, 6.07) is 6.59. The van der Waals surface area contributed by atoms with Gasteiger partial charge in [-0.3, -0.25) is 19.1 Å². The lowest BCUT2D eigenvalue weighted by atomic mass is 9.97. The predicted molar refractivity (Wildman–Crippen MR) is 211 cm³/mol. The van der Waals surface area contributed by atoms with Crippen LogP contribution in [0.15, 0.2) is 41.3 Å². The second-order valence-corrected chi connectivity index (χ2v) is 16.1. The van der Waals surface area contributed by atoms with Crippen molar-refractivity contribution in [3.05, 3.63) is 69.0 Å². The van der Waals surface area contributed by atoms with Crippen LogP contribution in [-0.2, 0) is 14.3 Å². The minimum absolute atomic E-state index is 0.00424. The molecule has 1 aromatic carbocycles. The van der Waals surface area contributed by atoms with Gasteiger partial charge in [0.15, 0.2) is 12.4 Å². The predicted octanol–water partition coefficient (Wildman–Crippen LogP) is 6.38. The molecule has 13 nitrogen and oxygen atoms in total. The van der Waals surface area contributed by atoms with Gasteiger partial charge < -0.3 is 33.8 Å². The molecule has 0 unspecified atom stereocenters. The van der Waals surface area contributed by atoms with Gasteiger partial charge in [0.25, 0.3) is 11.5 Å². The van der Waals surface area contributed by atoms with Crippen molar-refractivity contribution in [2.45, 2.75) is 72.1 Å². The van der Waals surface area contributed by atoms with Gasteiger partial charge in [0.05, 0.1) is 39.9 Å². The van der Waals surface area contributed by atoms with Gasteiger partial charge in [0.2, 0.25) is 0 Å². The van der Waals surface area contributed by atoms with Crippen LogP contribution >= 0.6 is 11.6 Å². The number of halogens is 2. The molecule has 2 aliphatic rings. The third-order valence-electron chi connectivity index (χ3n) is 9.77. The summed E-state index contributed by atoms with van der Waals surface area (Å²) in [4.78, 5) is 60.4. The van der Waals surface area contributed by atoms with Gasteiger partial charge in [0, 0.05) is 44.4 Å². The number of nitrogens with zero attached hydrogens (tertiary/aromatic N) is 7. The Hall–Kier alpha value is -4.79. The molecule has 0 spiro atoms. The van der Waals surface area contributed by atoms with E-state index in [4.69, 9.17) is 35.8 Å². The van der Waals surface area contributed by atoms with E-state index in [9.17, 15) is 9.59 Å². The number of fused-ring (bicyclic) bond motifs is 5. The van der Waals surface area contributed by atoms with E-state index in [2.05, 4.69) is 0 Å². The Kier molecular flexibility index (Phi) is 11.2. The van der Waals surface area contributed by atoms with Crippen LogP contribution in [0.5, 0.6) is 5.75 Å². The van der Waals surface area contributed by atoms with E-state index in [-0.39, 0.29) is 71.6 Å². The second kappa shape index (κ2) is 15.4. The van der Waals surface area contributed by atoms with E-state index < -0.39 is 35.2 Å². The largest absolute Gasteiger partial charge is 0.467 e. The molecule has 0 radical (unpaired) electrons. The minimum Gasteiger partial charge on any atom is -0.467 e. The number of carbonyl (C=O) groups excluding carboxylic acids is 2. The number of methoxy groups -OCH3 is 1. The van der Waals surface area contributed by atoms with Crippen LogP contribution in [0.25, 0.3) is 28.0 Å². The number of hydrogen-bond acceptors (Lipinski definition) is 10. The summed E-state index contributed by atoms with van der Waals surface area (Å²) in [5, 5.41) is 0.551. The summed E-state index contributed by atoms with van der Waals surface area (Å²) in [6.07, 6.45) is 1.16. The van der Waals surface area contributed by atoms with E-state index in [1.54, 1.807) is 44.0 Å². The first kappa shape index (κ1) is 39.9. The zero-order valence-electron chi connectivity index (χ0n) is 33.1. The number of aryl methyl sites for hydroxylation is 1. The number of rotatable bonds is 9. The normalized spacial score (nSPS) is 17.3. The highest BCUT2D eigenvalue weighted by atomic mass is 35.5. The fourth-order valence-electron chi connectivity index (χ4n) is 7.25. The first-order valence-corrected chi connectivity index (χ1v) is 18.7. The van der Waals surface area contributed by atoms with Crippen LogP contribution in [0.2, 0.25) is 5.02 Å². The molecular weight excluding hydrogens is 729 g/mol. The van der Waals surface area contributed by atoms with Crippen molar-refractivity contribution in [3.8, 4) is 22.7 Å². The van der Waals surface area contributed by atoms with Crippen molar-refractivity contribution in [3.63, 3.8) is 0 Å². The topological polar surface area (TPSA) is 123 Å². The lowest BCUT2D eigenvalue weighted by molar-refractivity contribution is -0.121. The number of carbonyl (C=O) groups is 2. The average Bonchev–Trinajstić information content (AvgIpc) is 3.10. The number of ether oxygens (including phenoxy) is 3. The minimum atomic E-state index is -0.859. The highest BCUT2D eigenvalue weighted by molar-refractivity contribution is 6.34. The molecule has 2 aliphatic heterocycles. The summed E-state index contributed by atoms with van der Waals surface area (Å²) in [7, 11) is 5.23. The zero-order valence-corrected chi connectivity index (χ0v) is 33.8. The molecule has 4 aromatic rings. The highest BCUT2D eigenvalue weighted by Gasteiger charge is 2.48. The highest BCUT2D eigenvalue weighted by Crippen LogP contribution is 2.45. The van der Waals surface area contributed by atoms with Crippen LogP contribution in [0, 0.1) is 12.7 Å². The summed E-state index contributed by atoms with van der Waals surface area (Å²) >= 11 is 7.12. The SMILES string of the molecule is COCOc1cccc(F)c1-c1nc2c(cc1Cl)c1c(c(=O)n2-c2c(C)ccnc2C(C)C)N(CCN(C)C)C(=O)[C@H]2CN(C(=O)OC(C)(C)C)[C@H](C)CN12. The molecule has 5 heterocycles. The maximum absolute atomic E-state index is 15.9. The number of piperazine rings is 1. The maximum atomic E-state index is 15.9. The third-order valence-corrected chi connectivity index (χ3v) is 10.1. The van der Waals surface area contributed by atoms with Gasteiger partial charge in [-0.25, -0.2) is 14.2 Å². The molecule has 2 amide bonds. The van der Waals surface area contributed by atoms with Gasteiger partial charge in [-0.1, -0.05) is 31.5 Å². The molecule has 15 heteroatoms. The average molecular weight is 778 g/mol. The molecule has 55 heavy (non-hydrogen) atoms. The van der Waals surface area contributed by atoms with E-state index in [0.717, 1.165) is 5.56 Å². The molecule has 6 rings (SSSR count). The number of likely N-dealkylation sites (N-methyl/N-ethyl adjacent to an activating group) is 1. The smallest absolute Gasteiger partial charge is 0.410 e. The van der Waals surface area contributed by atoms with E-state index in [1.807, 2.05) is 57.7 Å². The van der Waals surface area contributed by atoms with E-state index >= 15 is 9.18 Å². The van der Waals surface area contributed by atoms with Gasteiger partial charge in [-0.2, -0.15) is 0 Å².